The maximum atomic E-state index is 13.4. The van der Waals surface area contributed by atoms with E-state index in [9.17, 15) is 12.8 Å². The molecule has 0 spiro atoms. The molecule has 0 saturated carbocycles. The Labute approximate surface area is 122 Å². The molecule has 0 aliphatic heterocycles. The van der Waals surface area contributed by atoms with Gasteiger partial charge < -0.3 is 10.5 Å². The average Bonchev–Trinajstić information content (AvgIpc) is 2.43. The van der Waals surface area contributed by atoms with Crippen molar-refractivity contribution in [1.82, 2.24) is 0 Å². The predicted octanol–water partition coefficient (Wildman–Crippen LogP) is 2.53. The van der Waals surface area contributed by atoms with E-state index in [4.69, 9.17) is 10.5 Å². The monoisotopic (exact) mass is 310 g/mol. The lowest BCUT2D eigenvalue weighted by molar-refractivity contribution is 0.414. The van der Waals surface area contributed by atoms with Crippen LogP contribution >= 0.6 is 0 Å². The number of benzene rings is 2. The molecule has 3 N–H and O–H groups in total. The van der Waals surface area contributed by atoms with Gasteiger partial charge in [0.1, 0.15) is 16.5 Å². The van der Waals surface area contributed by atoms with Crippen LogP contribution in [0.4, 0.5) is 15.8 Å². The van der Waals surface area contributed by atoms with Gasteiger partial charge in [-0.1, -0.05) is 6.07 Å². The van der Waals surface area contributed by atoms with Gasteiger partial charge in [-0.15, -0.1) is 0 Å². The molecule has 0 aliphatic carbocycles. The first-order chi connectivity index (χ1) is 9.85. The van der Waals surface area contributed by atoms with Gasteiger partial charge in [0, 0.05) is 0 Å². The van der Waals surface area contributed by atoms with Gasteiger partial charge in [0.2, 0.25) is 0 Å². The van der Waals surface area contributed by atoms with Crippen LogP contribution in [0, 0.1) is 12.7 Å². The van der Waals surface area contributed by atoms with Crippen molar-refractivity contribution in [3.63, 3.8) is 0 Å². The topological polar surface area (TPSA) is 81.4 Å². The van der Waals surface area contributed by atoms with Gasteiger partial charge in [-0.05, 0) is 42.8 Å². The maximum absolute atomic E-state index is 13.4. The predicted molar refractivity (Wildman–Crippen MR) is 79.4 cm³/mol. The fraction of sp³-hybridized carbons (Fsp3) is 0.143. The molecule has 2 rings (SSSR count). The quantitative estimate of drug-likeness (QED) is 0.850. The van der Waals surface area contributed by atoms with Crippen molar-refractivity contribution >= 4 is 21.4 Å². The molecule has 0 bridgehead atoms. The van der Waals surface area contributed by atoms with Crippen molar-refractivity contribution in [2.75, 3.05) is 17.6 Å². The highest BCUT2D eigenvalue weighted by atomic mass is 32.2. The summed E-state index contributed by atoms with van der Waals surface area (Å²) in [6.45, 7) is 1.73. The number of anilines is 2. The Morgan fingerprint density at radius 3 is 2.57 bits per heavy atom. The average molecular weight is 310 g/mol. The van der Waals surface area contributed by atoms with Crippen LogP contribution in [0.5, 0.6) is 5.75 Å². The van der Waals surface area contributed by atoms with Crippen LogP contribution in [0.3, 0.4) is 0 Å². The summed E-state index contributed by atoms with van der Waals surface area (Å²) in [5, 5.41) is 0. The fourth-order valence-corrected chi connectivity index (χ4v) is 3.10. The molecule has 0 radical (unpaired) electrons. The van der Waals surface area contributed by atoms with Crippen molar-refractivity contribution in [2.24, 2.45) is 0 Å². The molecule has 0 fully saturated rings. The number of rotatable bonds is 4. The summed E-state index contributed by atoms with van der Waals surface area (Å²) in [6, 6.07) is 8.53. The smallest absolute Gasteiger partial charge is 0.264 e. The molecule has 112 valence electrons. The molecule has 0 atom stereocenters. The number of sulfonamides is 1. The SMILES string of the molecule is COc1ccc(NS(=O)(=O)c2cccc(F)c2N)c(C)c1. The summed E-state index contributed by atoms with van der Waals surface area (Å²) in [5.74, 6) is -0.162. The van der Waals surface area contributed by atoms with Crippen molar-refractivity contribution < 1.29 is 17.5 Å². The lowest BCUT2D eigenvalue weighted by Crippen LogP contribution is -2.16. The Balaban J connectivity index is 2.40. The van der Waals surface area contributed by atoms with Gasteiger partial charge in [-0.2, -0.15) is 0 Å². The highest BCUT2D eigenvalue weighted by Crippen LogP contribution is 2.26. The van der Waals surface area contributed by atoms with Crippen LogP contribution in [-0.2, 0) is 10.0 Å². The molecule has 0 heterocycles. The van der Waals surface area contributed by atoms with Crippen LogP contribution in [-0.4, -0.2) is 15.5 Å². The van der Waals surface area contributed by atoms with E-state index in [1.165, 1.54) is 19.2 Å². The van der Waals surface area contributed by atoms with Gasteiger partial charge in [-0.3, -0.25) is 4.72 Å². The first kappa shape index (κ1) is 15.1. The van der Waals surface area contributed by atoms with Crippen LogP contribution < -0.4 is 15.2 Å². The Kier molecular flexibility index (Phi) is 4.04. The molecule has 2 aromatic rings. The van der Waals surface area contributed by atoms with Crippen LogP contribution in [0.25, 0.3) is 0 Å². The molecule has 0 aromatic heterocycles. The van der Waals surface area contributed by atoms with E-state index < -0.39 is 21.5 Å². The number of para-hydroxylation sites is 1. The van der Waals surface area contributed by atoms with E-state index in [2.05, 4.69) is 4.72 Å². The fourth-order valence-electron chi connectivity index (χ4n) is 1.83. The second-order valence-corrected chi connectivity index (χ2v) is 6.09. The zero-order valence-electron chi connectivity index (χ0n) is 11.6. The van der Waals surface area contributed by atoms with Crippen molar-refractivity contribution in [2.45, 2.75) is 11.8 Å². The largest absolute Gasteiger partial charge is 0.497 e. The van der Waals surface area contributed by atoms with E-state index in [1.807, 2.05) is 0 Å². The van der Waals surface area contributed by atoms with Crippen molar-refractivity contribution in [3.8, 4) is 5.75 Å². The summed E-state index contributed by atoms with van der Waals surface area (Å²) < 4.78 is 45.4. The highest BCUT2D eigenvalue weighted by Gasteiger charge is 2.20. The number of aryl methyl sites for hydroxylation is 1. The lowest BCUT2D eigenvalue weighted by atomic mass is 10.2. The minimum Gasteiger partial charge on any atom is -0.497 e. The van der Waals surface area contributed by atoms with Gasteiger partial charge in [0.15, 0.2) is 0 Å². The van der Waals surface area contributed by atoms with E-state index in [0.29, 0.717) is 17.0 Å². The Morgan fingerprint density at radius 2 is 1.95 bits per heavy atom. The molecular formula is C14H15FN2O3S. The highest BCUT2D eigenvalue weighted by molar-refractivity contribution is 7.92. The number of nitrogens with one attached hydrogen (secondary N) is 1. The molecule has 0 unspecified atom stereocenters. The third kappa shape index (κ3) is 3.08. The number of halogens is 1. The van der Waals surface area contributed by atoms with Gasteiger partial charge in [0.05, 0.1) is 18.5 Å². The Bertz CT molecular complexity index is 776. The molecule has 2 aromatic carbocycles. The summed E-state index contributed by atoms with van der Waals surface area (Å²) in [4.78, 5) is -0.294. The number of methoxy groups -OCH3 is 1. The van der Waals surface area contributed by atoms with E-state index >= 15 is 0 Å². The molecular weight excluding hydrogens is 295 g/mol. The zero-order chi connectivity index (χ0) is 15.6. The van der Waals surface area contributed by atoms with Gasteiger partial charge in [-0.25, -0.2) is 12.8 Å². The van der Waals surface area contributed by atoms with Crippen LogP contribution in [0.15, 0.2) is 41.3 Å². The van der Waals surface area contributed by atoms with E-state index in [-0.39, 0.29) is 4.90 Å². The molecule has 21 heavy (non-hydrogen) atoms. The lowest BCUT2D eigenvalue weighted by Gasteiger charge is -2.13. The molecule has 7 heteroatoms. The van der Waals surface area contributed by atoms with E-state index in [1.54, 1.807) is 25.1 Å². The van der Waals surface area contributed by atoms with Crippen molar-refractivity contribution in [1.29, 1.82) is 0 Å². The van der Waals surface area contributed by atoms with Crippen LogP contribution in [0.1, 0.15) is 5.56 Å². The summed E-state index contributed by atoms with van der Waals surface area (Å²) in [7, 11) is -2.44. The van der Waals surface area contributed by atoms with Crippen LogP contribution in [0.2, 0.25) is 0 Å². The first-order valence-corrected chi connectivity index (χ1v) is 7.55. The number of hydrogen-bond acceptors (Lipinski definition) is 4. The van der Waals surface area contributed by atoms with E-state index in [0.717, 1.165) is 6.07 Å². The standard InChI is InChI=1S/C14H15FN2O3S/c1-9-8-10(20-2)6-7-12(9)17-21(18,19)13-5-3-4-11(15)14(13)16/h3-8,17H,16H2,1-2H3. The summed E-state index contributed by atoms with van der Waals surface area (Å²) >= 11 is 0. The molecule has 0 aliphatic rings. The Hall–Kier alpha value is -2.28. The molecule has 5 nitrogen and oxygen atoms in total. The third-order valence-corrected chi connectivity index (χ3v) is 4.40. The normalized spacial score (nSPS) is 11.2. The zero-order valence-corrected chi connectivity index (χ0v) is 12.4. The minimum absolute atomic E-state index is 0.294. The first-order valence-electron chi connectivity index (χ1n) is 6.06. The third-order valence-electron chi connectivity index (χ3n) is 2.98. The van der Waals surface area contributed by atoms with Gasteiger partial charge in [0.25, 0.3) is 10.0 Å². The second-order valence-electron chi connectivity index (χ2n) is 4.44. The minimum atomic E-state index is -3.96. The second kappa shape index (κ2) is 5.61. The number of ether oxygens (including phenoxy) is 1. The summed E-state index contributed by atoms with van der Waals surface area (Å²) in [6.07, 6.45) is 0. The summed E-state index contributed by atoms with van der Waals surface area (Å²) in [5.41, 5.74) is 6.13. The van der Waals surface area contributed by atoms with Crippen molar-refractivity contribution in [3.05, 3.63) is 47.8 Å². The molecule has 0 amide bonds. The maximum Gasteiger partial charge on any atom is 0.264 e. The molecule has 0 saturated heterocycles. The number of nitrogens with two attached hydrogens (primary N) is 1. The number of nitrogen functional groups attached to an aromatic ring is 1. The Morgan fingerprint density at radius 1 is 1.24 bits per heavy atom. The van der Waals surface area contributed by atoms with Gasteiger partial charge >= 0.3 is 0 Å². The number of hydrogen-bond donors (Lipinski definition) is 2.